The summed E-state index contributed by atoms with van der Waals surface area (Å²) in [6.45, 7) is 10.6. The van der Waals surface area contributed by atoms with Gasteiger partial charge in [0.15, 0.2) is 0 Å². The molecular formula is C25H34O5. The van der Waals surface area contributed by atoms with E-state index in [0.717, 1.165) is 48.8 Å². The van der Waals surface area contributed by atoms with Crippen LogP contribution in [0.2, 0.25) is 0 Å². The number of allylic oxidation sites excluding steroid dienone is 1. The van der Waals surface area contributed by atoms with E-state index in [9.17, 15) is 14.7 Å². The van der Waals surface area contributed by atoms with Gasteiger partial charge in [0.25, 0.3) is 0 Å². The van der Waals surface area contributed by atoms with E-state index in [1.165, 1.54) is 14.2 Å². The van der Waals surface area contributed by atoms with Crippen molar-refractivity contribution in [2.45, 2.75) is 59.3 Å². The fourth-order valence-corrected chi connectivity index (χ4v) is 6.28. The Morgan fingerprint density at radius 3 is 2.53 bits per heavy atom. The Hall–Kier alpha value is -2.30. The number of ether oxygens (including phenoxy) is 2. The number of aromatic hydroxyl groups is 1. The maximum Gasteiger partial charge on any atom is 0.341 e. The Morgan fingerprint density at radius 1 is 1.20 bits per heavy atom. The molecule has 2 fully saturated rings. The second-order valence-corrected chi connectivity index (χ2v) is 9.52. The molecule has 5 nitrogen and oxygen atoms in total. The van der Waals surface area contributed by atoms with Crippen molar-refractivity contribution in [2.24, 2.45) is 22.7 Å². The van der Waals surface area contributed by atoms with Crippen LogP contribution in [0.3, 0.4) is 0 Å². The predicted molar refractivity (Wildman–Crippen MR) is 115 cm³/mol. The monoisotopic (exact) mass is 414 g/mol. The topological polar surface area (TPSA) is 72.8 Å². The van der Waals surface area contributed by atoms with Gasteiger partial charge < -0.3 is 14.6 Å². The first-order valence-corrected chi connectivity index (χ1v) is 10.8. The van der Waals surface area contributed by atoms with Crippen LogP contribution in [0.5, 0.6) is 5.75 Å². The van der Waals surface area contributed by atoms with E-state index in [4.69, 9.17) is 9.47 Å². The van der Waals surface area contributed by atoms with E-state index in [2.05, 4.69) is 13.5 Å². The summed E-state index contributed by atoms with van der Waals surface area (Å²) in [6.07, 6.45) is 5.16. The van der Waals surface area contributed by atoms with Crippen molar-refractivity contribution in [3.05, 3.63) is 41.0 Å². The molecule has 164 valence electrons. The highest BCUT2D eigenvalue weighted by Crippen LogP contribution is 2.62. The molecular weight excluding hydrogens is 380 g/mol. The summed E-state index contributed by atoms with van der Waals surface area (Å²) in [6, 6.07) is 3.46. The minimum absolute atomic E-state index is 0.00749. The van der Waals surface area contributed by atoms with Crippen molar-refractivity contribution in [3.8, 4) is 5.75 Å². The van der Waals surface area contributed by atoms with Crippen molar-refractivity contribution < 1.29 is 24.2 Å². The van der Waals surface area contributed by atoms with E-state index in [-0.39, 0.29) is 34.5 Å². The Labute approximate surface area is 179 Å². The molecule has 2 saturated carbocycles. The summed E-state index contributed by atoms with van der Waals surface area (Å²) in [5.41, 5.74) is 2.40. The van der Waals surface area contributed by atoms with Gasteiger partial charge in [0.2, 0.25) is 0 Å². The molecule has 3 rings (SSSR count). The molecule has 30 heavy (non-hydrogen) atoms. The largest absolute Gasteiger partial charge is 0.507 e. The molecule has 5 heteroatoms. The van der Waals surface area contributed by atoms with Crippen LogP contribution in [-0.2, 0) is 20.7 Å². The maximum absolute atomic E-state index is 12.8. The van der Waals surface area contributed by atoms with E-state index >= 15 is 0 Å². The molecule has 0 aliphatic heterocycles. The number of phenols is 1. The lowest BCUT2D eigenvalue weighted by atomic mass is 9.46. The molecule has 0 aromatic heterocycles. The maximum atomic E-state index is 12.8. The number of esters is 2. The normalized spacial score (nSPS) is 31.0. The van der Waals surface area contributed by atoms with Crippen LogP contribution in [0.4, 0.5) is 0 Å². The molecule has 0 spiro atoms. The van der Waals surface area contributed by atoms with Crippen molar-refractivity contribution in [3.63, 3.8) is 0 Å². The van der Waals surface area contributed by atoms with Gasteiger partial charge in [-0.05, 0) is 80.4 Å². The fourth-order valence-electron chi connectivity index (χ4n) is 6.28. The Balaban J connectivity index is 2.03. The van der Waals surface area contributed by atoms with Gasteiger partial charge >= 0.3 is 11.9 Å². The van der Waals surface area contributed by atoms with Crippen LogP contribution in [0.25, 0.3) is 0 Å². The van der Waals surface area contributed by atoms with Crippen molar-refractivity contribution in [2.75, 3.05) is 14.2 Å². The highest BCUT2D eigenvalue weighted by molar-refractivity contribution is 5.93. The van der Waals surface area contributed by atoms with Gasteiger partial charge in [-0.15, -0.1) is 0 Å². The Kier molecular flexibility index (Phi) is 6.03. The van der Waals surface area contributed by atoms with Gasteiger partial charge in [-0.3, -0.25) is 4.79 Å². The lowest BCUT2D eigenvalue weighted by Gasteiger charge is -2.57. The molecule has 1 aromatic carbocycles. The SMILES string of the molecule is C=C1CCC2[C@](C)(CCC[C@]2(C)C(=O)OC)[C@H]1Cc1c(C)ccc(C(=O)OC)c1O. The van der Waals surface area contributed by atoms with Crippen LogP contribution in [0.15, 0.2) is 24.3 Å². The molecule has 4 atom stereocenters. The number of aryl methyl sites for hydroxylation is 1. The molecule has 1 unspecified atom stereocenters. The first-order chi connectivity index (χ1) is 14.1. The second kappa shape index (κ2) is 8.09. The number of methoxy groups -OCH3 is 2. The summed E-state index contributed by atoms with van der Waals surface area (Å²) < 4.78 is 10.0. The first-order valence-electron chi connectivity index (χ1n) is 10.8. The van der Waals surface area contributed by atoms with E-state index in [0.29, 0.717) is 6.42 Å². The van der Waals surface area contributed by atoms with Gasteiger partial charge in [-0.2, -0.15) is 0 Å². The van der Waals surface area contributed by atoms with Crippen molar-refractivity contribution in [1.29, 1.82) is 0 Å². The zero-order valence-electron chi connectivity index (χ0n) is 18.8. The lowest BCUT2D eigenvalue weighted by molar-refractivity contribution is -0.167. The minimum atomic E-state index is -0.545. The number of hydrogen-bond acceptors (Lipinski definition) is 5. The summed E-state index contributed by atoms with van der Waals surface area (Å²) in [7, 11) is 2.78. The lowest BCUT2D eigenvalue weighted by Crippen LogP contribution is -2.54. The van der Waals surface area contributed by atoms with Crippen LogP contribution in [0.1, 0.15) is 67.4 Å². The number of fused-ring (bicyclic) bond motifs is 1. The first kappa shape index (κ1) is 22.4. The Morgan fingerprint density at radius 2 is 1.90 bits per heavy atom. The van der Waals surface area contributed by atoms with E-state index in [1.54, 1.807) is 6.07 Å². The number of carbonyl (C=O) groups is 2. The third kappa shape index (κ3) is 3.42. The van der Waals surface area contributed by atoms with Crippen molar-refractivity contribution >= 4 is 11.9 Å². The summed E-state index contributed by atoms with van der Waals surface area (Å²) in [4.78, 5) is 24.8. The Bertz CT molecular complexity index is 873. The molecule has 0 saturated heterocycles. The standard InChI is InChI=1S/C25H34O5/c1-15-8-10-17(22(27)29-5)21(26)18(15)14-19-16(2)9-11-20-24(19,3)12-7-13-25(20,4)23(28)30-6/h8,10,19-20,26H,2,7,9,11-14H2,1,3-6H3/t19-,20?,24+,25-/m0/s1. The van der Waals surface area contributed by atoms with Crippen molar-refractivity contribution in [1.82, 2.24) is 0 Å². The third-order valence-corrected chi connectivity index (χ3v) is 8.00. The number of carbonyl (C=O) groups excluding carboxylic acids is 2. The second-order valence-electron chi connectivity index (χ2n) is 9.52. The van der Waals surface area contributed by atoms with Gasteiger partial charge in [-0.25, -0.2) is 4.79 Å². The third-order valence-electron chi connectivity index (χ3n) is 8.00. The molecule has 0 bridgehead atoms. The average molecular weight is 415 g/mol. The summed E-state index contributed by atoms with van der Waals surface area (Å²) in [5, 5.41) is 10.9. The van der Waals surface area contributed by atoms with Gasteiger partial charge in [0, 0.05) is 0 Å². The minimum Gasteiger partial charge on any atom is -0.507 e. The number of benzene rings is 1. The molecule has 0 radical (unpaired) electrons. The van der Waals surface area contributed by atoms with Gasteiger partial charge in [0.1, 0.15) is 11.3 Å². The zero-order chi connectivity index (χ0) is 22.3. The van der Waals surface area contributed by atoms with Gasteiger partial charge in [-0.1, -0.05) is 31.6 Å². The van der Waals surface area contributed by atoms with E-state index in [1.807, 2.05) is 19.9 Å². The van der Waals surface area contributed by atoms with Crippen LogP contribution >= 0.6 is 0 Å². The average Bonchev–Trinajstić information content (AvgIpc) is 2.71. The van der Waals surface area contributed by atoms with Crippen LogP contribution in [-0.4, -0.2) is 31.3 Å². The molecule has 0 heterocycles. The smallest absolute Gasteiger partial charge is 0.341 e. The molecule has 1 aromatic rings. The van der Waals surface area contributed by atoms with Crippen LogP contribution in [0, 0.1) is 29.6 Å². The number of phenolic OH excluding ortho intramolecular Hbond substituents is 1. The predicted octanol–water partition coefficient (Wildman–Crippen LogP) is 4.98. The summed E-state index contributed by atoms with van der Waals surface area (Å²) >= 11 is 0. The molecule has 2 aliphatic rings. The van der Waals surface area contributed by atoms with E-state index < -0.39 is 11.4 Å². The van der Waals surface area contributed by atoms with Gasteiger partial charge in [0.05, 0.1) is 19.6 Å². The molecule has 0 amide bonds. The highest BCUT2D eigenvalue weighted by Gasteiger charge is 2.57. The zero-order valence-corrected chi connectivity index (χ0v) is 18.8. The van der Waals surface area contributed by atoms with Crippen LogP contribution < -0.4 is 0 Å². The number of rotatable bonds is 4. The number of hydrogen-bond donors (Lipinski definition) is 1. The summed E-state index contributed by atoms with van der Waals surface area (Å²) in [5.74, 6) is -0.384. The quantitative estimate of drug-likeness (QED) is 0.555. The fraction of sp³-hybridized carbons (Fsp3) is 0.600. The molecule has 2 aliphatic carbocycles. The highest BCUT2D eigenvalue weighted by atomic mass is 16.5. The molecule has 1 N–H and O–H groups in total.